The Morgan fingerprint density at radius 1 is 1.23 bits per heavy atom. The molecule has 22 heavy (non-hydrogen) atoms. The predicted molar refractivity (Wildman–Crippen MR) is 89.1 cm³/mol. The number of nitrogens with zero attached hydrogens (tertiary/aromatic N) is 3. The molecule has 4 nitrogen and oxygen atoms in total. The van der Waals surface area contributed by atoms with Crippen molar-refractivity contribution in [2.24, 2.45) is 0 Å². The van der Waals surface area contributed by atoms with Gasteiger partial charge in [0.15, 0.2) is 0 Å². The Morgan fingerprint density at radius 2 is 1.86 bits per heavy atom. The molecule has 0 bridgehead atoms. The maximum absolute atomic E-state index is 11.9. The van der Waals surface area contributed by atoms with Gasteiger partial charge in [0, 0.05) is 48.6 Å². The molecule has 1 aliphatic heterocycles. The highest BCUT2D eigenvalue weighted by Crippen LogP contribution is 2.29. The third-order valence-corrected chi connectivity index (χ3v) is 5.87. The molecule has 1 aliphatic rings. The maximum Gasteiger partial charge on any atom is 0.456 e. The third kappa shape index (κ3) is 8.17. The van der Waals surface area contributed by atoms with Gasteiger partial charge in [-0.3, -0.25) is 4.90 Å². The maximum atomic E-state index is 11.9. The summed E-state index contributed by atoms with van der Waals surface area (Å²) in [7, 11) is 0. The van der Waals surface area contributed by atoms with Gasteiger partial charge in [-0.2, -0.15) is 18.4 Å². The molecular formula is C12H21F3N4S3. The lowest BCUT2D eigenvalue weighted by Gasteiger charge is -2.42. The number of hydrogen-bond acceptors (Lipinski definition) is 7. The van der Waals surface area contributed by atoms with Crippen molar-refractivity contribution < 1.29 is 13.2 Å². The standard InChI is InChI=1S/C12H21F3N4S3/c1-10-8-18(9-11(2)19(10)5-4-16)21-7-3-6-20-17-22-12(13,14)15/h10-11,17H,3,5-9H2,1-2H3. The third-order valence-electron chi connectivity index (χ3n) is 3.20. The molecule has 0 aromatic rings. The molecule has 1 fully saturated rings. The van der Waals surface area contributed by atoms with E-state index in [1.54, 1.807) is 11.9 Å². The topological polar surface area (TPSA) is 42.3 Å². The molecule has 1 rings (SSSR count). The number of rotatable bonds is 8. The molecule has 1 heterocycles. The summed E-state index contributed by atoms with van der Waals surface area (Å²) in [6, 6.07) is 2.89. The van der Waals surface area contributed by atoms with Crippen molar-refractivity contribution in [2.75, 3.05) is 31.1 Å². The number of nitriles is 1. The van der Waals surface area contributed by atoms with E-state index in [0.717, 1.165) is 37.2 Å². The second kappa shape index (κ2) is 10.2. The number of piperazine rings is 1. The minimum absolute atomic E-state index is 0.211. The van der Waals surface area contributed by atoms with Gasteiger partial charge in [-0.25, -0.2) is 8.43 Å². The fourth-order valence-electron chi connectivity index (χ4n) is 2.25. The molecular weight excluding hydrogens is 353 g/mol. The zero-order valence-electron chi connectivity index (χ0n) is 12.6. The van der Waals surface area contributed by atoms with Crippen molar-refractivity contribution in [3.63, 3.8) is 0 Å². The van der Waals surface area contributed by atoms with Gasteiger partial charge in [0.05, 0.1) is 12.6 Å². The van der Waals surface area contributed by atoms with Gasteiger partial charge >= 0.3 is 5.51 Å². The van der Waals surface area contributed by atoms with Crippen LogP contribution in [0.25, 0.3) is 0 Å². The SMILES string of the molecule is CC1CN(SCCCSNSC(F)(F)F)CC(C)N1CC#N. The monoisotopic (exact) mass is 374 g/mol. The Balaban J connectivity index is 2.10. The first-order valence-electron chi connectivity index (χ1n) is 6.95. The van der Waals surface area contributed by atoms with Gasteiger partial charge in [0.1, 0.15) is 0 Å². The van der Waals surface area contributed by atoms with Crippen molar-refractivity contribution in [1.29, 1.82) is 5.26 Å². The quantitative estimate of drug-likeness (QED) is 0.397. The second-order valence-electron chi connectivity index (χ2n) is 5.04. The van der Waals surface area contributed by atoms with E-state index >= 15 is 0 Å². The van der Waals surface area contributed by atoms with Crippen LogP contribution in [0.3, 0.4) is 0 Å². The molecule has 2 atom stereocenters. The van der Waals surface area contributed by atoms with Crippen LogP contribution >= 0.6 is 35.8 Å². The Morgan fingerprint density at radius 3 is 2.41 bits per heavy atom. The number of hydrogen-bond donors (Lipinski definition) is 1. The van der Waals surface area contributed by atoms with Crippen LogP contribution in [0.15, 0.2) is 0 Å². The molecule has 2 unspecified atom stereocenters. The average molecular weight is 375 g/mol. The number of nitrogens with one attached hydrogen (secondary N) is 1. The minimum atomic E-state index is -4.23. The van der Waals surface area contributed by atoms with E-state index in [4.69, 9.17) is 5.26 Å². The van der Waals surface area contributed by atoms with Crippen LogP contribution < -0.4 is 4.13 Å². The molecule has 1 saturated heterocycles. The molecule has 0 aromatic heterocycles. The van der Waals surface area contributed by atoms with Crippen LogP contribution in [-0.2, 0) is 0 Å². The summed E-state index contributed by atoms with van der Waals surface area (Å²) in [5, 5.41) is 8.82. The van der Waals surface area contributed by atoms with E-state index < -0.39 is 5.51 Å². The van der Waals surface area contributed by atoms with Crippen LogP contribution in [-0.4, -0.2) is 57.9 Å². The zero-order valence-corrected chi connectivity index (χ0v) is 15.0. The Kier molecular flexibility index (Phi) is 9.35. The molecule has 128 valence electrons. The predicted octanol–water partition coefficient (Wildman–Crippen LogP) is 3.35. The first-order valence-corrected chi connectivity index (χ1v) is 9.70. The smallest absolute Gasteiger partial charge is 0.283 e. The summed E-state index contributed by atoms with van der Waals surface area (Å²) in [5.41, 5.74) is -4.23. The largest absolute Gasteiger partial charge is 0.456 e. The van der Waals surface area contributed by atoms with E-state index in [0.29, 0.717) is 24.4 Å². The van der Waals surface area contributed by atoms with Gasteiger partial charge in [-0.1, -0.05) is 23.9 Å². The van der Waals surface area contributed by atoms with Crippen LogP contribution in [0, 0.1) is 11.3 Å². The normalized spacial score (nSPS) is 24.4. The molecule has 10 heteroatoms. The van der Waals surface area contributed by atoms with Crippen molar-refractivity contribution >= 4 is 35.8 Å². The molecule has 0 saturated carbocycles. The van der Waals surface area contributed by atoms with Gasteiger partial charge in [-0.05, 0) is 20.3 Å². The van der Waals surface area contributed by atoms with Crippen molar-refractivity contribution in [2.45, 2.75) is 37.9 Å². The van der Waals surface area contributed by atoms with Crippen LogP contribution in [0.1, 0.15) is 20.3 Å². The molecule has 0 spiro atoms. The summed E-state index contributed by atoms with van der Waals surface area (Å²) >= 11 is 2.62. The molecule has 0 aliphatic carbocycles. The van der Waals surface area contributed by atoms with Crippen LogP contribution in [0.5, 0.6) is 0 Å². The van der Waals surface area contributed by atoms with E-state index in [1.807, 2.05) is 0 Å². The van der Waals surface area contributed by atoms with Gasteiger partial charge in [0.2, 0.25) is 0 Å². The lowest BCUT2D eigenvalue weighted by Crippen LogP contribution is -2.54. The van der Waals surface area contributed by atoms with Crippen LogP contribution in [0.4, 0.5) is 13.2 Å². The lowest BCUT2D eigenvalue weighted by atomic mass is 10.1. The summed E-state index contributed by atoms with van der Waals surface area (Å²) in [4.78, 5) is 2.20. The first kappa shape index (κ1) is 20.3. The molecule has 1 N–H and O–H groups in total. The summed E-state index contributed by atoms with van der Waals surface area (Å²) < 4.78 is 40.2. The van der Waals surface area contributed by atoms with E-state index in [1.165, 1.54) is 0 Å². The minimum Gasteiger partial charge on any atom is -0.283 e. The highest BCUT2D eigenvalue weighted by Gasteiger charge is 2.29. The van der Waals surface area contributed by atoms with E-state index in [-0.39, 0.29) is 11.9 Å². The second-order valence-corrected chi connectivity index (χ2v) is 8.26. The van der Waals surface area contributed by atoms with Crippen molar-refractivity contribution in [1.82, 2.24) is 13.3 Å². The summed E-state index contributed by atoms with van der Waals surface area (Å²) in [6.07, 6.45) is 0.849. The Labute approximate surface area is 142 Å². The van der Waals surface area contributed by atoms with E-state index in [9.17, 15) is 13.2 Å². The number of alkyl halides is 3. The highest BCUT2D eigenvalue weighted by molar-refractivity contribution is 8.13. The van der Waals surface area contributed by atoms with Crippen LogP contribution in [0.2, 0.25) is 0 Å². The van der Waals surface area contributed by atoms with Gasteiger partial charge in [0.25, 0.3) is 0 Å². The van der Waals surface area contributed by atoms with Gasteiger partial charge in [-0.15, -0.1) is 0 Å². The molecule has 0 radical (unpaired) electrons. The zero-order chi connectivity index (χ0) is 16.6. The number of halogens is 3. The van der Waals surface area contributed by atoms with E-state index in [2.05, 4.69) is 33.2 Å². The van der Waals surface area contributed by atoms with Gasteiger partial charge < -0.3 is 0 Å². The lowest BCUT2D eigenvalue weighted by molar-refractivity contribution is -0.0331. The van der Waals surface area contributed by atoms with Crippen molar-refractivity contribution in [3.8, 4) is 6.07 Å². The Bertz CT molecular complexity index is 353. The fourth-order valence-corrected chi connectivity index (χ4v) is 4.84. The fraction of sp³-hybridized carbons (Fsp3) is 0.917. The Hall–Kier alpha value is 0.210. The highest BCUT2D eigenvalue weighted by atomic mass is 32.2. The molecule has 0 aromatic carbocycles. The average Bonchev–Trinajstić information content (AvgIpc) is 2.40. The summed E-state index contributed by atoms with van der Waals surface area (Å²) in [6.45, 7) is 6.52. The summed E-state index contributed by atoms with van der Waals surface area (Å²) in [5.74, 6) is 1.54. The first-order chi connectivity index (χ1) is 10.3. The molecule has 0 amide bonds. The van der Waals surface area contributed by atoms with Crippen molar-refractivity contribution in [3.05, 3.63) is 0 Å².